The molecule has 1 aliphatic heterocycles. The number of hydrogen-bond acceptors (Lipinski definition) is 4. The van der Waals surface area contributed by atoms with Gasteiger partial charge in [-0.25, -0.2) is 0 Å². The monoisotopic (exact) mass is 220 g/mol. The van der Waals surface area contributed by atoms with Crippen molar-refractivity contribution in [2.75, 3.05) is 26.7 Å². The van der Waals surface area contributed by atoms with Gasteiger partial charge in [-0.15, -0.1) is 0 Å². The zero-order chi connectivity index (χ0) is 11.2. The second-order valence-corrected chi connectivity index (χ2v) is 4.59. The highest BCUT2D eigenvalue weighted by Gasteiger charge is 2.15. The third kappa shape index (κ3) is 3.54. The summed E-state index contributed by atoms with van der Waals surface area (Å²) in [5.41, 5.74) is 1.02. The smallest absolute Gasteiger partial charge is 0.0768 e. The molecule has 0 aromatic carbocycles. The van der Waals surface area contributed by atoms with E-state index >= 15 is 0 Å². The number of nitrogens with zero attached hydrogens (tertiary/aromatic N) is 3. The van der Waals surface area contributed by atoms with Crippen LogP contribution in [0.3, 0.4) is 0 Å². The summed E-state index contributed by atoms with van der Waals surface area (Å²) < 4.78 is 0. The maximum atomic E-state index is 4.05. The molecule has 1 aromatic heterocycles. The van der Waals surface area contributed by atoms with Gasteiger partial charge in [-0.2, -0.15) is 10.2 Å². The Morgan fingerprint density at radius 3 is 2.94 bits per heavy atom. The van der Waals surface area contributed by atoms with Crippen molar-refractivity contribution in [2.24, 2.45) is 5.92 Å². The van der Waals surface area contributed by atoms with Gasteiger partial charge >= 0.3 is 0 Å². The van der Waals surface area contributed by atoms with Crippen molar-refractivity contribution >= 4 is 0 Å². The fourth-order valence-electron chi connectivity index (χ4n) is 2.10. The van der Waals surface area contributed by atoms with Crippen LogP contribution in [0.15, 0.2) is 18.3 Å². The molecular formula is C12H20N4. The minimum atomic E-state index is 0.827. The Morgan fingerprint density at radius 2 is 2.25 bits per heavy atom. The predicted octanol–water partition coefficient (Wildman–Crippen LogP) is 0.908. The first-order valence-electron chi connectivity index (χ1n) is 6.00. The molecule has 1 saturated heterocycles. The van der Waals surface area contributed by atoms with Gasteiger partial charge in [-0.05, 0) is 57.6 Å². The van der Waals surface area contributed by atoms with Crippen LogP contribution in [0.4, 0.5) is 0 Å². The number of nitrogens with one attached hydrogen (secondary N) is 1. The van der Waals surface area contributed by atoms with Crippen LogP contribution in [0.5, 0.6) is 0 Å². The number of likely N-dealkylation sites (tertiary alicyclic amines) is 1. The molecule has 1 aromatic rings. The van der Waals surface area contributed by atoms with Crippen molar-refractivity contribution in [3.05, 3.63) is 24.0 Å². The molecule has 88 valence electrons. The lowest BCUT2D eigenvalue weighted by Gasteiger charge is -2.28. The van der Waals surface area contributed by atoms with Gasteiger partial charge in [0.2, 0.25) is 0 Å². The molecule has 1 aliphatic rings. The molecule has 2 heterocycles. The minimum absolute atomic E-state index is 0.827. The van der Waals surface area contributed by atoms with E-state index in [-0.39, 0.29) is 0 Å². The summed E-state index contributed by atoms with van der Waals surface area (Å²) in [6.07, 6.45) is 4.33. The van der Waals surface area contributed by atoms with Crippen LogP contribution in [0.1, 0.15) is 18.5 Å². The van der Waals surface area contributed by atoms with E-state index in [2.05, 4.69) is 27.5 Å². The van der Waals surface area contributed by atoms with E-state index in [0.717, 1.165) is 24.7 Å². The fourth-order valence-corrected chi connectivity index (χ4v) is 2.10. The lowest BCUT2D eigenvalue weighted by Crippen LogP contribution is -2.34. The van der Waals surface area contributed by atoms with E-state index < -0.39 is 0 Å². The Balaban J connectivity index is 1.65. The van der Waals surface area contributed by atoms with E-state index in [1.165, 1.54) is 25.9 Å². The zero-order valence-corrected chi connectivity index (χ0v) is 9.89. The molecule has 0 aliphatic carbocycles. The molecule has 1 fully saturated rings. The van der Waals surface area contributed by atoms with Crippen LogP contribution < -0.4 is 5.32 Å². The average molecular weight is 220 g/mol. The number of piperidine rings is 1. The Labute approximate surface area is 97.1 Å². The lowest BCUT2D eigenvalue weighted by molar-refractivity contribution is 0.216. The second kappa shape index (κ2) is 5.92. The van der Waals surface area contributed by atoms with Gasteiger partial charge in [0.05, 0.1) is 5.69 Å². The molecule has 0 radical (unpaired) electrons. The molecule has 2 rings (SSSR count). The van der Waals surface area contributed by atoms with Crippen molar-refractivity contribution in [1.29, 1.82) is 0 Å². The Morgan fingerprint density at radius 1 is 1.44 bits per heavy atom. The maximum Gasteiger partial charge on any atom is 0.0768 e. The zero-order valence-electron chi connectivity index (χ0n) is 9.89. The Kier molecular flexibility index (Phi) is 4.25. The molecule has 16 heavy (non-hydrogen) atoms. The molecule has 0 spiro atoms. The highest BCUT2D eigenvalue weighted by Crippen LogP contribution is 2.14. The van der Waals surface area contributed by atoms with Gasteiger partial charge in [0.25, 0.3) is 0 Å². The van der Waals surface area contributed by atoms with E-state index in [1.54, 1.807) is 6.20 Å². The Bertz CT molecular complexity index is 293. The second-order valence-electron chi connectivity index (χ2n) is 4.59. The number of rotatable bonds is 4. The van der Waals surface area contributed by atoms with Gasteiger partial charge in [0.15, 0.2) is 0 Å². The lowest BCUT2D eigenvalue weighted by atomic mass is 9.97. The summed E-state index contributed by atoms with van der Waals surface area (Å²) in [4.78, 5) is 2.40. The Hall–Kier alpha value is -1.00. The van der Waals surface area contributed by atoms with Crippen LogP contribution in [0.25, 0.3) is 0 Å². The van der Waals surface area contributed by atoms with Crippen LogP contribution in [0, 0.1) is 5.92 Å². The van der Waals surface area contributed by atoms with Crippen LogP contribution >= 0.6 is 0 Å². The summed E-state index contributed by atoms with van der Waals surface area (Å²) in [5, 5.41) is 11.4. The van der Waals surface area contributed by atoms with Crippen molar-refractivity contribution in [3.8, 4) is 0 Å². The number of aromatic nitrogens is 2. The third-order valence-corrected chi connectivity index (χ3v) is 3.20. The van der Waals surface area contributed by atoms with E-state index in [9.17, 15) is 0 Å². The predicted molar refractivity (Wildman–Crippen MR) is 64.0 cm³/mol. The first kappa shape index (κ1) is 11.5. The van der Waals surface area contributed by atoms with Crippen LogP contribution in [0.2, 0.25) is 0 Å². The summed E-state index contributed by atoms with van der Waals surface area (Å²) in [7, 11) is 2.20. The van der Waals surface area contributed by atoms with Gasteiger partial charge in [-0.1, -0.05) is 0 Å². The summed E-state index contributed by atoms with van der Waals surface area (Å²) in [5.74, 6) is 0.827. The number of hydrogen-bond donors (Lipinski definition) is 1. The normalized spacial score (nSPS) is 18.8. The molecule has 0 bridgehead atoms. The summed E-state index contributed by atoms with van der Waals surface area (Å²) in [6, 6.07) is 3.94. The summed E-state index contributed by atoms with van der Waals surface area (Å²) in [6.45, 7) is 4.40. The quantitative estimate of drug-likeness (QED) is 0.819. The van der Waals surface area contributed by atoms with Crippen LogP contribution in [-0.4, -0.2) is 41.8 Å². The van der Waals surface area contributed by atoms with Gasteiger partial charge in [0, 0.05) is 12.7 Å². The largest absolute Gasteiger partial charge is 0.311 e. The van der Waals surface area contributed by atoms with Crippen molar-refractivity contribution < 1.29 is 0 Å². The van der Waals surface area contributed by atoms with E-state index in [1.807, 2.05) is 12.1 Å². The van der Waals surface area contributed by atoms with E-state index in [4.69, 9.17) is 0 Å². The highest BCUT2D eigenvalue weighted by molar-refractivity contribution is 4.98. The topological polar surface area (TPSA) is 41.0 Å². The molecule has 0 amide bonds. The maximum absolute atomic E-state index is 4.05. The third-order valence-electron chi connectivity index (χ3n) is 3.20. The van der Waals surface area contributed by atoms with Crippen molar-refractivity contribution in [2.45, 2.75) is 19.4 Å². The summed E-state index contributed by atoms with van der Waals surface area (Å²) >= 11 is 0. The molecular weight excluding hydrogens is 200 g/mol. The first-order valence-corrected chi connectivity index (χ1v) is 6.00. The van der Waals surface area contributed by atoms with E-state index in [0.29, 0.717) is 0 Å². The highest BCUT2D eigenvalue weighted by atomic mass is 15.1. The van der Waals surface area contributed by atoms with Crippen LogP contribution in [-0.2, 0) is 6.54 Å². The van der Waals surface area contributed by atoms with Gasteiger partial charge < -0.3 is 10.2 Å². The molecule has 4 nitrogen and oxygen atoms in total. The van der Waals surface area contributed by atoms with Gasteiger partial charge in [0.1, 0.15) is 0 Å². The molecule has 1 N–H and O–H groups in total. The molecule has 0 atom stereocenters. The van der Waals surface area contributed by atoms with Crippen molar-refractivity contribution in [3.63, 3.8) is 0 Å². The van der Waals surface area contributed by atoms with Gasteiger partial charge in [-0.3, -0.25) is 0 Å². The molecule has 0 unspecified atom stereocenters. The average Bonchev–Trinajstić information content (AvgIpc) is 2.33. The fraction of sp³-hybridized carbons (Fsp3) is 0.667. The van der Waals surface area contributed by atoms with Crippen molar-refractivity contribution in [1.82, 2.24) is 20.4 Å². The molecule has 4 heteroatoms. The SMILES string of the molecule is CN1CCC(CNCc2cccnn2)CC1. The first-order chi connectivity index (χ1) is 7.84. The standard InChI is InChI=1S/C12H20N4/c1-16-7-4-11(5-8-16)9-13-10-12-3-2-6-14-15-12/h2-3,6,11,13H,4-5,7-10H2,1H3. The minimum Gasteiger partial charge on any atom is -0.311 e. The molecule has 0 saturated carbocycles.